The topological polar surface area (TPSA) is 83.4 Å². The zero-order valence-electron chi connectivity index (χ0n) is 12.7. The molecule has 1 saturated heterocycles. The van der Waals surface area contributed by atoms with Crippen LogP contribution in [0.3, 0.4) is 0 Å². The highest BCUT2D eigenvalue weighted by Gasteiger charge is 2.20. The van der Waals surface area contributed by atoms with E-state index >= 15 is 0 Å². The van der Waals surface area contributed by atoms with Crippen molar-refractivity contribution in [3.63, 3.8) is 0 Å². The Morgan fingerprint density at radius 3 is 2.65 bits per heavy atom. The van der Waals surface area contributed by atoms with Crippen molar-refractivity contribution in [1.82, 2.24) is 5.32 Å². The maximum atomic E-state index is 12.2. The molecule has 0 saturated carbocycles. The first-order valence-electron chi connectivity index (χ1n) is 7.70. The van der Waals surface area contributed by atoms with Crippen molar-refractivity contribution in [3.8, 4) is 0 Å². The summed E-state index contributed by atoms with van der Waals surface area (Å²) >= 11 is 0. The molecule has 6 heteroatoms. The van der Waals surface area contributed by atoms with Gasteiger partial charge >= 0.3 is 0 Å². The Bertz CT molecular complexity index is 676. The van der Waals surface area contributed by atoms with Gasteiger partial charge in [-0.05, 0) is 43.7 Å². The van der Waals surface area contributed by atoms with Crippen molar-refractivity contribution in [2.45, 2.75) is 25.3 Å². The maximum Gasteiger partial charge on any atom is 0.258 e. The van der Waals surface area contributed by atoms with E-state index in [0.29, 0.717) is 16.9 Å². The largest absolute Gasteiger partial charge is 0.472 e. The minimum atomic E-state index is -0.254. The number of rotatable bonds is 4. The van der Waals surface area contributed by atoms with Crippen LogP contribution in [0.4, 0.5) is 11.4 Å². The fourth-order valence-corrected chi connectivity index (χ4v) is 2.58. The molecule has 1 aromatic carbocycles. The molecule has 0 spiro atoms. The van der Waals surface area contributed by atoms with E-state index < -0.39 is 0 Å². The molecule has 0 aliphatic carbocycles. The van der Waals surface area contributed by atoms with Gasteiger partial charge in [-0.1, -0.05) is 12.5 Å². The van der Waals surface area contributed by atoms with Crippen molar-refractivity contribution in [2.75, 3.05) is 17.2 Å². The summed E-state index contributed by atoms with van der Waals surface area (Å²) in [5.41, 5.74) is 1.73. The number of anilines is 2. The first-order valence-corrected chi connectivity index (χ1v) is 7.70. The molecule has 2 amide bonds. The van der Waals surface area contributed by atoms with Gasteiger partial charge in [-0.25, -0.2) is 0 Å². The molecule has 3 N–H and O–H groups in total. The average Bonchev–Trinajstić information content (AvgIpc) is 3.10. The number of benzene rings is 1. The number of carbonyl (C=O) groups is 2. The quantitative estimate of drug-likeness (QED) is 0.810. The van der Waals surface area contributed by atoms with Gasteiger partial charge < -0.3 is 20.4 Å². The van der Waals surface area contributed by atoms with E-state index in [2.05, 4.69) is 16.0 Å². The zero-order chi connectivity index (χ0) is 16.1. The highest BCUT2D eigenvalue weighted by molar-refractivity contribution is 6.04. The van der Waals surface area contributed by atoms with Gasteiger partial charge in [0.1, 0.15) is 6.26 Å². The van der Waals surface area contributed by atoms with Crippen LogP contribution in [0.5, 0.6) is 0 Å². The predicted molar refractivity (Wildman–Crippen MR) is 87.4 cm³/mol. The van der Waals surface area contributed by atoms with Crippen LogP contribution in [-0.2, 0) is 4.79 Å². The van der Waals surface area contributed by atoms with Crippen molar-refractivity contribution in [2.24, 2.45) is 0 Å². The fraction of sp³-hybridized carbons (Fsp3) is 0.294. The van der Waals surface area contributed by atoms with Crippen LogP contribution in [0.1, 0.15) is 29.6 Å². The molecule has 1 fully saturated rings. The van der Waals surface area contributed by atoms with Gasteiger partial charge in [0.25, 0.3) is 5.91 Å². The third-order valence-corrected chi connectivity index (χ3v) is 3.80. The van der Waals surface area contributed by atoms with Crippen LogP contribution in [0.25, 0.3) is 0 Å². The molecule has 1 aromatic heterocycles. The molecule has 2 aromatic rings. The number of furan rings is 1. The molecule has 0 radical (unpaired) electrons. The van der Waals surface area contributed by atoms with E-state index in [0.717, 1.165) is 25.8 Å². The zero-order valence-corrected chi connectivity index (χ0v) is 12.7. The van der Waals surface area contributed by atoms with Gasteiger partial charge in [0.15, 0.2) is 0 Å². The lowest BCUT2D eigenvalue weighted by atomic mass is 10.0. The molecule has 1 atom stereocenters. The second-order valence-electron chi connectivity index (χ2n) is 5.54. The fourth-order valence-electron chi connectivity index (χ4n) is 2.58. The van der Waals surface area contributed by atoms with Crippen LogP contribution in [-0.4, -0.2) is 24.4 Å². The molecular formula is C17H19N3O3. The summed E-state index contributed by atoms with van der Waals surface area (Å²) in [6.45, 7) is 0.874. The van der Waals surface area contributed by atoms with Crippen LogP contribution in [0.15, 0.2) is 47.3 Å². The molecule has 2 heterocycles. The van der Waals surface area contributed by atoms with Gasteiger partial charge in [0.2, 0.25) is 5.91 Å². The predicted octanol–water partition coefficient (Wildman–Crippen LogP) is 2.61. The minimum absolute atomic E-state index is 0.0389. The van der Waals surface area contributed by atoms with Gasteiger partial charge in [-0.2, -0.15) is 0 Å². The summed E-state index contributed by atoms with van der Waals surface area (Å²) in [4.78, 5) is 24.2. The van der Waals surface area contributed by atoms with Crippen molar-refractivity contribution < 1.29 is 14.0 Å². The number of amides is 2. The van der Waals surface area contributed by atoms with Crippen LogP contribution < -0.4 is 16.0 Å². The van der Waals surface area contributed by atoms with Crippen molar-refractivity contribution in [3.05, 3.63) is 48.4 Å². The van der Waals surface area contributed by atoms with E-state index in [4.69, 9.17) is 4.42 Å². The molecule has 0 bridgehead atoms. The van der Waals surface area contributed by atoms with E-state index in [9.17, 15) is 9.59 Å². The molecule has 6 nitrogen and oxygen atoms in total. The normalized spacial score (nSPS) is 17.5. The highest BCUT2D eigenvalue weighted by Crippen LogP contribution is 2.17. The summed E-state index contributed by atoms with van der Waals surface area (Å²) < 4.78 is 4.89. The lowest BCUT2D eigenvalue weighted by Crippen LogP contribution is -2.43. The third kappa shape index (κ3) is 3.98. The summed E-state index contributed by atoms with van der Waals surface area (Å²) in [6.07, 6.45) is 5.85. The number of piperidine rings is 1. The number of carbonyl (C=O) groups excluding carboxylic acids is 2. The second-order valence-corrected chi connectivity index (χ2v) is 5.54. The summed E-state index contributed by atoms with van der Waals surface area (Å²) in [5, 5.41) is 8.87. The monoisotopic (exact) mass is 313 g/mol. The smallest absolute Gasteiger partial charge is 0.258 e. The summed E-state index contributed by atoms with van der Waals surface area (Å²) in [6, 6.07) is 8.54. The van der Waals surface area contributed by atoms with Crippen LogP contribution in [0, 0.1) is 0 Å². The first-order chi connectivity index (χ1) is 11.2. The van der Waals surface area contributed by atoms with Crippen molar-refractivity contribution in [1.29, 1.82) is 0 Å². The number of hydrogen-bond donors (Lipinski definition) is 3. The minimum Gasteiger partial charge on any atom is -0.472 e. The Morgan fingerprint density at radius 2 is 1.96 bits per heavy atom. The molecule has 23 heavy (non-hydrogen) atoms. The summed E-state index contributed by atoms with van der Waals surface area (Å²) in [5.74, 6) is -0.292. The van der Waals surface area contributed by atoms with Crippen molar-refractivity contribution >= 4 is 23.2 Å². The van der Waals surface area contributed by atoms with E-state index in [1.54, 1.807) is 30.3 Å². The number of hydrogen-bond acceptors (Lipinski definition) is 4. The Morgan fingerprint density at radius 1 is 1.13 bits per heavy atom. The van der Waals surface area contributed by atoms with E-state index in [1.807, 2.05) is 0 Å². The average molecular weight is 313 g/mol. The van der Waals surface area contributed by atoms with E-state index in [1.165, 1.54) is 12.5 Å². The second kappa shape index (κ2) is 7.11. The van der Waals surface area contributed by atoms with Gasteiger partial charge in [-0.15, -0.1) is 0 Å². The van der Waals surface area contributed by atoms with Crippen LogP contribution in [0.2, 0.25) is 0 Å². The van der Waals surface area contributed by atoms with E-state index in [-0.39, 0.29) is 17.9 Å². The Labute approximate surface area is 134 Å². The van der Waals surface area contributed by atoms with Crippen LogP contribution >= 0.6 is 0 Å². The molecule has 1 unspecified atom stereocenters. The van der Waals surface area contributed by atoms with Gasteiger partial charge in [0, 0.05) is 11.4 Å². The highest BCUT2D eigenvalue weighted by atomic mass is 16.3. The SMILES string of the molecule is O=C(Nc1cccc(NC(=O)C2CCCCN2)c1)c1ccoc1. The Kier molecular flexibility index (Phi) is 4.73. The molecule has 120 valence electrons. The Hall–Kier alpha value is -2.60. The molecule has 3 rings (SSSR count). The molecular weight excluding hydrogens is 294 g/mol. The number of nitrogens with one attached hydrogen (secondary N) is 3. The van der Waals surface area contributed by atoms with Gasteiger partial charge in [0.05, 0.1) is 17.9 Å². The standard InChI is InChI=1S/C17H19N3O3/c21-16(12-7-9-23-11-12)19-13-4-3-5-14(10-13)20-17(22)15-6-1-2-8-18-15/h3-5,7,9-11,15,18H,1-2,6,8H2,(H,19,21)(H,20,22). The first kappa shape index (κ1) is 15.3. The maximum absolute atomic E-state index is 12.2. The summed E-state index contributed by atoms with van der Waals surface area (Å²) in [7, 11) is 0. The molecule has 1 aliphatic rings. The lowest BCUT2D eigenvalue weighted by Gasteiger charge is -2.22. The lowest BCUT2D eigenvalue weighted by molar-refractivity contribution is -0.118. The molecule has 1 aliphatic heterocycles. The Balaban J connectivity index is 1.62. The van der Waals surface area contributed by atoms with Gasteiger partial charge in [-0.3, -0.25) is 9.59 Å². The third-order valence-electron chi connectivity index (χ3n) is 3.80.